The van der Waals surface area contributed by atoms with Crippen molar-refractivity contribution in [3.05, 3.63) is 35.5 Å². The number of nitrogens with zero attached hydrogens (tertiary/aromatic N) is 2. The van der Waals surface area contributed by atoms with Crippen molar-refractivity contribution >= 4 is 0 Å². The Morgan fingerprint density at radius 2 is 2.37 bits per heavy atom. The molecule has 0 bridgehead atoms. The maximum absolute atomic E-state index is 13.8. The van der Waals surface area contributed by atoms with Crippen molar-refractivity contribution in [2.24, 2.45) is 0 Å². The van der Waals surface area contributed by atoms with E-state index in [-0.39, 0.29) is 23.1 Å². The van der Waals surface area contributed by atoms with Crippen LogP contribution in [-0.4, -0.2) is 11.6 Å². The first-order valence-electron chi connectivity index (χ1n) is 5.75. The quantitative estimate of drug-likeness (QED) is 0.830. The number of aromatic nitrogens is 1. The van der Waals surface area contributed by atoms with Gasteiger partial charge in [0.25, 0.3) is 0 Å². The molecule has 0 aliphatic carbocycles. The number of fused-ring (bicyclic) bond motifs is 1. The maximum atomic E-state index is 13.8. The molecule has 0 radical (unpaired) electrons. The average molecular weight is 260 g/mol. The van der Waals surface area contributed by atoms with Crippen LogP contribution < -0.4 is 9.47 Å². The molecule has 0 unspecified atom stereocenters. The van der Waals surface area contributed by atoms with E-state index < -0.39 is 5.82 Å². The summed E-state index contributed by atoms with van der Waals surface area (Å²) in [6.07, 6.45) is 4.25. The van der Waals surface area contributed by atoms with E-state index in [0.717, 1.165) is 12.5 Å². The van der Waals surface area contributed by atoms with Gasteiger partial charge in [0.2, 0.25) is 0 Å². The van der Waals surface area contributed by atoms with Crippen molar-refractivity contribution in [1.82, 2.24) is 4.98 Å². The number of halogens is 1. The van der Waals surface area contributed by atoms with Gasteiger partial charge in [-0.25, -0.2) is 4.39 Å². The van der Waals surface area contributed by atoms with Crippen LogP contribution in [0.15, 0.2) is 22.9 Å². The number of ether oxygens (including phenoxy) is 2. The first kappa shape index (κ1) is 11.5. The van der Waals surface area contributed by atoms with Crippen molar-refractivity contribution in [1.29, 1.82) is 5.26 Å². The van der Waals surface area contributed by atoms with Gasteiger partial charge in [-0.3, -0.25) is 0 Å². The van der Waals surface area contributed by atoms with E-state index in [4.69, 9.17) is 19.2 Å². The molecule has 1 aliphatic rings. The first-order valence-corrected chi connectivity index (χ1v) is 5.75. The molecule has 2 aromatic rings. The Hall–Kier alpha value is -2.55. The fourth-order valence-electron chi connectivity index (χ4n) is 2.01. The summed E-state index contributed by atoms with van der Waals surface area (Å²) in [4.78, 5) is 3.82. The fraction of sp³-hybridized carbons (Fsp3) is 0.231. The zero-order chi connectivity index (χ0) is 13.2. The molecule has 2 heterocycles. The summed E-state index contributed by atoms with van der Waals surface area (Å²) in [6, 6.07) is 2.98. The minimum atomic E-state index is -0.676. The van der Waals surface area contributed by atoms with Crippen LogP contribution in [0.5, 0.6) is 17.6 Å². The summed E-state index contributed by atoms with van der Waals surface area (Å²) in [5.74, 6) is -0.145. The first-order chi connectivity index (χ1) is 9.29. The van der Waals surface area contributed by atoms with E-state index in [9.17, 15) is 4.39 Å². The number of oxazole rings is 1. The van der Waals surface area contributed by atoms with Gasteiger partial charge in [0.15, 0.2) is 0 Å². The van der Waals surface area contributed by atoms with Crippen molar-refractivity contribution in [2.45, 2.75) is 12.8 Å². The second-order valence-corrected chi connectivity index (χ2v) is 4.00. The summed E-state index contributed by atoms with van der Waals surface area (Å²) < 4.78 is 29.6. The van der Waals surface area contributed by atoms with Crippen LogP contribution in [0.3, 0.4) is 0 Å². The van der Waals surface area contributed by atoms with Crippen LogP contribution in [0.25, 0.3) is 0 Å². The molecular weight excluding hydrogens is 251 g/mol. The second kappa shape index (κ2) is 4.61. The molecule has 19 heavy (non-hydrogen) atoms. The number of nitriles is 1. The minimum Gasteiger partial charge on any atom is -0.492 e. The Bertz CT molecular complexity index is 647. The van der Waals surface area contributed by atoms with Crippen molar-refractivity contribution in [3.8, 4) is 23.6 Å². The Morgan fingerprint density at radius 3 is 3.11 bits per heavy atom. The van der Waals surface area contributed by atoms with Gasteiger partial charge in [-0.05, 0) is 12.8 Å². The van der Waals surface area contributed by atoms with Crippen molar-refractivity contribution < 1.29 is 18.3 Å². The third-order valence-corrected chi connectivity index (χ3v) is 2.83. The fourth-order valence-corrected chi connectivity index (χ4v) is 2.01. The van der Waals surface area contributed by atoms with Gasteiger partial charge in [-0.2, -0.15) is 10.2 Å². The van der Waals surface area contributed by atoms with Crippen LogP contribution in [0.1, 0.15) is 17.5 Å². The smallest absolute Gasteiger partial charge is 0.399 e. The lowest BCUT2D eigenvalue weighted by Gasteiger charge is -2.20. The third kappa shape index (κ3) is 1.99. The molecule has 3 rings (SSSR count). The molecule has 1 aliphatic heterocycles. The van der Waals surface area contributed by atoms with E-state index in [0.29, 0.717) is 18.6 Å². The molecule has 5 nitrogen and oxygen atoms in total. The largest absolute Gasteiger partial charge is 0.492 e. The lowest BCUT2D eigenvalue weighted by atomic mass is 10.0. The van der Waals surface area contributed by atoms with Gasteiger partial charge in [0, 0.05) is 11.6 Å². The molecule has 0 amide bonds. The van der Waals surface area contributed by atoms with E-state index >= 15 is 0 Å². The number of rotatable bonds is 2. The Labute approximate surface area is 108 Å². The van der Waals surface area contributed by atoms with Crippen LogP contribution in [0.4, 0.5) is 4.39 Å². The molecule has 1 aromatic heterocycles. The molecule has 0 saturated carbocycles. The highest BCUT2D eigenvalue weighted by molar-refractivity contribution is 5.56. The van der Waals surface area contributed by atoms with Gasteiger partial charge in [0.05, 0.1) is 12.8 Å². The molecule has 96 valence electrons. The summed E-state index contributed by atoms with van der Waals surface area (Å²) in [6.45, 7) is 0.462. The van der Waals surface area contributed by atoms with Crippen LogP contribution in [-0.2, 0) is 6.42 Å². The zero-order valence-electron chi connectivity index (χ0n) is 9.85. The zero-order valence-corrected chi connectivity index (χ0v) is 9.85. The van der Waals surface area contributed by atoms with Gasteiger partial charge in [0.1, 0.15) is 35.2 Å². The molecule has 1 aromatic carbocycles. The topological polar surface area (TPSA) is 68.3 Å². The van der Waals surface area contributed by atoms with E-state index in [2.05, 4.69) is 4.98 Å². The monoisotopic (exact) mass is 260 g/mol. The highest BCUT2D eigenvalue weighted by Gasteiger charge is 2.24. The molecular formula is C13H9FN2O3. The number of hydrogen-bond acceptors (Lipinski definition) is 5. The molecule has 0 spiro atoms. The van der Waals surface area contributed by atoms with Gasteiger partial charge in [-0.1, -0.05) is 0 Å². The standard InChI is InChI=1S/C13H9FN2O3/c14-10-6-11(19-13-16-3-5-18-13)8-2-1-4-17-12(8)9(10)7-15/h3,5-6H,1-2,4H2. The third-order valence-electron chi connectivity index (χ3n) is 2.83. The Balaban J connectivity index is 2.10. The highest BCUT2D eigenvalue weighted by Crippen LogP contribution is 2.39. The maximum Gasteiger partial charge on any atom is 0.399 e. The normalized spacial score (nSPS) is 13.3. The SMILES string of the molecule is N#Cc1c(F)cc(Oc2ncco2)c2c1OCCC2. The van der Waals surface area contributed by atoms with Gasteiger partial charge >= 0.3 is 6.08 Å². The molecule has 0 fully saturated rings. The number of benzene rings is 1. The predicted molar refractivity (Wildman–Crippen MR) is 61.5 cm³/mol. The molecule has 0 saturated heterocycles. The van der Waals surface area contributed by atoms with E-state index in [1.54, 1.807) is 0 Å². The summed E-state index contributed by atoms with van der Waals surface area (Å²) in [7, 11) is 0. The van der Waals surface area contributed by atoms with E-state index in [1.807, 2.05) is 6.07 Å². The van der Waals surface area contributed by atoms with Crippen LogP contribution in [0, 0.1) is 17.1 Å². The summed E-state index contributed by atoms with van der Waals surface area (Å²) >= 11 is 0. The minimum absolute atomic E-state index is 0.0249. The molecule has 0 atom stereocenters. The lowest BCUT2D eigenvalue weighted by Crippen LogP contribution is -2.12. The van der Waals surface area contributed by atoms with E-state index in [1.165, 1.54) is 12.5 Å². The second-order valence-electron chi connectivity index (χ2n) is 4.00. The molecule has 6 heteroatoms. The van der Waals surface area contributed by atoms with Gasteiger partial charge in [-0.15, -0.1) is 0 Å². The summed E-state index contributed by atoms with van der Waals surface area (Å²) in [5.41, 5.74) is 0.580. The Kier molecular flexibility index (Phi) is 2.80. The highest BCUT2D eigenvalue weighted by atomic mass is 19.1. The van der Waals surface area contributed by atoms with Crippen LogP contribution in [0.2, 0.25) is 0 Å². The average Bonchev–Trinajstić information content (AvgIpc) is 2.92. The Morgan fingerprint density at radius 1 is 1.47 bits per heavy atom. The number of hydrogen-bond donors (Lipinski definition) is 0. The van der Waals surface area contributed by atoms with Gasteiger partial charge < -0.3 is 13.9 Å². The molecule has 0 N–H and O–H groups in total. The summed E-state index contributed by atoms with van der Waals surface area (Å²) in [5, 5.41) is 8.98. The predicted octanol–water partition coefficient (Wildman–Crippen LogP) is 2.80. The van der Waals surface area contributed by atoms with Crippen molar-refractivity contribution in [3.63, 3.8) is 0 Å². The lowest BCUT2D eigenvalue weighted by molar-refractivity contribution is 0.275. The van der Waals surface area contributed by atoms with Crippen molar-refractivity contribution in [2.75, 3.05) is 6.61 Å². The van der Waals surface area contributed by atoms with Crippen LogP contribution >= 0.6 is 0 Å².